The number of hydrogen-bond acceptors (Lipinski definition) is 5. The van der Waals surface area contributed by atoms with Crippen LogP contribution < -0.4 is 10.3 Å². The second-order valence-electron chi connectivity index (χ2n) is 4.30. The Hall–Kier alpha value is -2.03. The number of fused-ring (bicyclic) bond motifs is 1. The van der Waals surface area contributed by atoms with Crippen LogP contribution in [0.2, 0.25) is 0 Å². The third-order valence-electron chi connectivity index (χ3n) is 2.96. The van der Waals surface area contributed by atoms with Crippen molar-refractivity contribution in [2.24, 2.45) is 0 Å². The molecule has 0 bridgehead atoms. The van der Waals surface area contributed by atoms with E-state index in [9.17, 15) is 13.2 Å². The van der Waals surface area contributed by atoms with E-state index in [1.807, 2.05) is 0 Å². The number of aromatic amines is 1. The number of benzene rings is 1. The Morgan fingerprint density at radius 1 is 1.14 bits per heavy atom. The molecule has 0 saturated carbocycles. The summed E-state index contributed by atoms with van der Waals surface area (Å²) in [6.45, 7) is 0.0114. The molecule has 3 aromatic rings. The predicted octanol–water partition coefficient (Wildman–Crippen LogP) is 1.46. The molecule has 1 aromatic carbocycles. The van der Waals surface area contributed by atoms with Gasteiger partial charge in [-0.1, -0.05) is 24.3 Å². The Bertz CT molecular complexity index is 931. The number of hydrogen-bond donors (Lipinski definition) is 2. The zero-order chi connectivity index (χ0) is 14.9. The smallest absolute Gasteiger partial charge is 0.267 e. The van der Waals surface area contributed by atoms with Crippen LogP contribution in [0.15, 0.2) is 50.8 Å². The first-order valence-electron chi connectivity index (χ1n) is 6.07. The molecule has 0 aliphatic rings. The second kappa shape index (κ2) is 5.40. The average molecular weight is 321 g/mol. The number of aromatic nitrogens is 2. The fourth-order valence-corrected chi connectivity index (χ4v) is 3.98. The standard InChI is InChI=1S/C13H11N3O3S2/c17-13-10-5-2-1-4-9(10)11(15-16-13)8-14-21(18,19)12-6-3-7-20-12/h1-7,14H,8H2,(H,16,17). The van der Waals surface area contributed by atoms with E-state index in [1.54, 1.807) is 35.7 Å². The lowest BCUT2D eigenvalue weighted by Crippen LogP contribution is -2.24. The molecule has 2 aromatic heterocycles. The number of nitrogens with one attached hydrogen (secondary N) is 2. The minimum atomic E-state index is -3.56. The van der Waals surface area contributed by atoms with E-state index in [1.165, 1.54) is 6.07 Å². The van der Waals surface area contributed by atoms with Gasteiger partial charge in [0.1, 0.15) is 4.21 Å². The number of thiophene rings is 1. The van der Waals surface area contributed by atoms with Crippen molar-refractivity contribution >= 4 is 32.1 Å². The largest absolute Gasteiger partial charge is 0.272 e. The minimum Gasteiger partial charge on any atom is -0.267 e. The lowest BCUT2D eigenvalue weighted by Gasteiger charge is -2.06. The van der Waals surface area contributed by atoms with Crippen molar-refractivity contribution in [2.45, 2.75) is 10.8 Å². The van der Waals surface area contributed by atoms with Crippen molar-refractivity contribution in [2.75, 3.05) is 0 Å². The van der Waals surface area contributed by atoms with Gasteiger partial charge >= 0.3 is 0 Å². The molecule has 0 radical (unpaired) electrons. The fraction of sp³-hybridized carbons (Fsp3) is 0.0769. The van der Waals surface area contributed by atoms with Gasteiger partial charge in [0.05, 0.1) is 17.6 Å². The summed E-state index contributed by atoms with van der Waals surface area (Å²) in [6, 6.07) is 10.1. The van der Waals surface area contributed by atoms with Gasteiger partial charge in [0.15, 0.2) is 0 Å². The number of nitrogens with zero attached hydrogens (tertiary/aromatic N) is 1. The van der Waals surface area contributed by atoms with Crippen molar-refractivity contribution in [1.82, 2.24) is 14.9 Å². The van der Waals surface area contributed by atoms with Crippen LogP contribution in [0.25, 0.3) is 10.8 Å². The number of H-pyrrole nitrogens is 1. The van der Waals surface area contributed by atoms with Crippen molar-refractivity contribution in [1.29, 1.82) is 0 Å². The molecular weight excluding hydrogens is 310 g/mol. The normalized spacial score (nSPS) is 11.8. The quantitative estimate of drug-likeness (QED) is 0.761. The third-order valence-corrected chi connectivity index (χ3v) is 5.76. The first kappa shape index (κ1) is 13.9. The van der Waals surface area contributed by atoms with Gasteiger partial charge in [-0.15, -0.1) is 11.3 Å². The molecule has 0 saturated heterocycles. The Balaban J connectivity index is 1.93. The molecule has 6 nitrogen and oxygen atoms in total. The van der Waals surface area contributed by atoms with Crippen LogP contribution in [0.5, 0.6) is 0 Å². The van der Waals surface area contributed by atoms with Crippen LogP contribution in [-0.4, -0.2) is 18.6 Å². The van der Waals surface area contributed by atoms with Crippen molar-refractivity contribution in [3.05, 3.63) is 57.8 Å². The van der Waals surface area contributed by atoms with Crippen molar-refractivity contribution < 1.29 is 8.42 Å². The van der Waals surface area contributed by atoms with Crippen molar-refractivity contribution in [3.8, 4) is 0 Å². The number of sulfonamides is 1. The summed E-state index contributed by atoms with van der Waals surface area (Å²) in [5, 5.41) is 9.12. The summed E-state index contributed by atoms with van der Waals surface area (Å²) in [5.41, 5.74) is 0.181. The summed E-state index contributed by atoms with van der Waals surface area (Å²) < 4.78 is 26.9. The van der Waals surface area contributed by atoms with Gasteiger partial charge in [-0.05, 0) is 17.5 Å². The molecule has 108 valence electrons. The molecule has 0 atom stereocenters. The maximum atomic E-state index is 12.1. The van der Waals surface area contributed by atoms with Gasteiger partial charge in [0.2, 0.25) is 10.0 Å². The highest BCUT2D eigenvalue weighted by atomic mass is 32.2. The van der Waals surface area contributed by atoms with Crippen LogP contribution >= 0.6 is 11.3 Å². The molecule has 0 fully saturated rings. The summed E-state index contributed by atoms with van der Waals surface area (Å²) in [4.78, 5) is 11.7. The first-order valence-corrected chi connectivity index (χ1v) is 8.44. The van der Waals surface area contributed by atoms with Crippen LogP contribution in [0.3, 0.4) is 0 Å². The fourth-order valence-electron chi connectivity index (χ4n) is 1.96. The van der Waals surface area contributed by atoms with Gasteiger partial charge in [0, 0.05) is 5.39 Å². The minimum absolute atomic E-state index is 0.0114. The maximum Gasteiger partial charge on any atom is 0.272 e. The molecule has 3 rings (SSSR count). The summed E-state index contributed by atoms with van der Waals surface area (Å²) in [5.74, 6) is 0. The van der Waals surface area contributed by atoms with E-state index in [4.69, 9.17) is 0 Å². The predicted molar refractivity (Wildman–Crippen MR) is 80.7 cm³/mol. The monoisotopic (exact) mass is 321 g/mol. The first-order chi connectivity index (χ1) is 10.1. The topological polar surface area (TPSA) is 91.9 Å². The zero-order valence-electron chi connectivity index (χ0n) is 10.7. The molecular formula is C13H11N3O3S2. The highest BCUT2D eigenvalue weighted by Crippen LogP contribution is 2.17. The Kier molecular flexibility index (Phi) is 3.58. The summed E-state index contributed by atoms with van der Waals surface area (Å²) >= 11 is 1.14. The molecule has 0 aliphatic heterocycles. The van der Waals surface area contributed by atoms with Crippen LogP contribution in [0.4, 0.5) is 0 Å². The lowest BCUT2D eigenvalue weighted by atomic mass is 10.1. The van der Waals surface area contributed by atoms with Gasteiger partial charge in [0.25, 0.3) is 5.56 Å². The van der Waals surface area contributed by atoms with Gasteiger partial charge in [-0.2, -0.15) is 5.10 Å². The van der Waals surface area contributed by atoms with Gasteiger partial charge < -0.3 is 0 Å². The van der Waals surface area contributed by atoms with Crippen LogP contribution in [0, 0.1) is 0 Å². The lowest BCUT2D eigenvalue weighted by molar-refractivity contribution is 0.582. The molecule has 0 unspecified atom stereocenters. The summed E-state index contributed by atoms with van der Waals surface area (Å²) in [6.07, 6.45) is 0. The van der Waals surface area contributed by atoms with E-state index < -0.39 is 10.0 Å². The van der Waals surface area contributed by atoms with Gasteiger partial charge in [-0.25, -0.2) is 18.2 Å². The van der Waals surface area contributed by atoms with Crippen LogP contribution in [-0.2, 0) is 16.6 Å². The Morgan fingerprint density at radius 3 is 2.62 bits per heavy atom. The van der Waals surface area contributed by atoms with E-state index in [0.29, 0.717) is 16.5 Å². The highest BCUT2D eigenvalue weighted by Gasteiger charge is 2.16. The SMILES string of the molecule is O=c1[nH]nc(CNS(=O)(=O)c2cccs2)c2ccccc12. The average Bonchev–Trinajstić information content (AvgIpc) is 3.02. The Morgan fingerprint density at radius 2 is 1.90 bits per heavy atom. The van der Waals surface area contributed by atoms with E-state index >= 15 is 0 Å². The van der Waals surface area contributed by atoms with E-state index in [-0.39, 0.29) is 16.3 Å². The molecule has 0 spiro atoms. The maximum absolute atomic E-state index is 12.1. The Labute approximate surface area is 124 Å². The van der Waals surface area contributed by atoms with Crippen LogP contribution in [0.1, 0.15) is 5.69 Å². The second-order valence-corrected chi connectivity index (χ2v) is 7.24. The van der Waals surface area contributed by atoms with E-state index in [0.717, 1.165) is 11.3 Å². The van der Waals surface area contributed by atoms with Gasteiger partial charge in [-0.3, -0.25) is 4.79 Å². The molecule has 21 heavy (non-hydrogen) atoms. The molecule has 0 aliphatic carbocycles. The molecule has 0 amide bonds. The van der Waals surface area contributed by atoms with Crippen molar-refractivity contribution in [3.63, 3.8) is 0 Å². The molecule has 8 heteroatoms. The molecule has 2 N–H and O–H groups in total. The summed E-state index contributed by atoms with van der Waals surface area (Å²) in [7, 11) is -3.56. The highest BCUT2D eigenvalue weighted by molar-refractivity contribution is 7.91. The third kappa shape index (κ3) is 2.73. The zero-order valence-corrected chi connectivity index (χ0v) is 12.4. The molecule has 2 heterocycles. The number of rotatable bonds is 4. The van der Waals surface area contributed by atoms with E-state index in [2.05, 4.69) is 14.9 Å².